The molecule has 1 fully saturated rings. The molecule has 0 aromatic heterocycles. The van der Waals surface area contributed by atoms with Gasteiger partial charge in [-0.2, -0.15) is 0 Å². The number of benzene rings is 1. The van der Waals surface area contributed by atoms with E-state index in [1.165, 1.54) is 0 Å². The van der Waals surface area contributed by atoms with Gasteiger partial charge in [0.05, 0.1) is 25.9 Å². The fourth-order valence-electron chi connectivity index (χ4n) is 2.41. The monoisotopic (exact) mass is 293 g/mol. The van der Waals surface area contributed by atoms with Crippen molar-refractivity contribution in [3.63, 3.8) is 0 Å². The van der Waals surface area contributed by atoms with Crippen LogP contribution in [0.1, 0.15) is 18.4 Å². The number of hydrogen-bond donors (Lipinski definition) is 1. The molecule has 1 aliphatic rings. The summed E-state index contributed by atoms with van der Waals surface area (Å²) in [4.78, 5) is 13.9. The van der Waals surface area contributed by atoms with Crippen LogP contribution in [0.25, 0.3) is 0 Å². The summed E-state index contributed by atoms with van der Waals surface area (Å²) in [6, 6.07) is 9.83. The Balaban J connectivity index is 1.63. The maximum Gasteiger partial charge on any atom is 0.248 e. The molecule has 0 unspecified atom stereocenters. The third kappa shape index (κ3) is 5.46. The number of aliphatic hydroxyl groups is 1. The lowest BCUT2D eigenvalue weighted by Crippen LogP contribution is -2.42. The molecule has 0 saturated carbocycles. The fraction of sp³-hybridized carbons (Fsp3) is 0.562. The molecule has 0 radical (unpaired) electrons. The third-order valence-corrected chi connectivity index (χ3v) is 3.58. The number of carbonyl (C=O) groups excluding carboxylic acids is 1. The van der Waals surface area contributed by atoms with Crippen LogP contribution in [0.15, 0.2) is 30.3 Å². The van der Waals surface area contributed by atoms with Crippen molar-refractivity contribution >= 4 is 5.91 Å². The van der Waals surface area contributed by atoms with E-state index in [1.54, 1.807) is 0 Å². The molecule has 5 heteroatoms. The normalized spacial score (nSPS) is 16.1. The van der Waals surface area contributed by atoms with Crippen LogP contribution in [0.5, 0.6) is 0 Å². The minimum Gasteiger partial charge on any atom is -0.394 e. The van der Waals surface area contributed by atoms with Gasteiger partial charge in [-0.15, -0.1) is 0 Å². The number of carbonyl (C=O) groups is 1. The van der Waals surface area contributed by atoms with E-state index in [0.717, 1.165) is 18.4 Å². The second-order valence-corrected chi connectivity index (χ2v) is 5.15. The Labute approximate surface area is 125 Å². The topological polar surface area (TPSA) is 59.0 Å². The van der Waals surface area contributed by atoms with Crippen LogP contribution in [-0.2, 0) is 20.9 Å². The van der Waals surface area contributed by atoms with E-state index < -0.39 is 0 Å². The molecule has 1 aromatic carbocycles. The van der Waals surface area contributed by atoms with Crippen molar-refractivity contribution in [3.05, 3.63) is 35.9 Å². The summed E-state index contributed by atoms with van der Waals surface area (Å²) in [5.41, 5.74) is 1.07. The molecule has 2 rings (SSSR count). The average Bonchev–Trinajstić information content (AvgIpc) is 2.54. The van der Waals surface area contributed by atoms with Gasteiger partial charge in [0.15, 0.2) is 0 Å². The summed E-state index contributed by atoms with van der Waals surface area (Å²) in [5, 5.41) is 8.72. The van der Waals surface area contributed by atoms with Gasteiger partial charge >= 0.3 is 0 Å². The molecular weight excluding hydrogens is 270 g/mol. The number of nitrogens with zero attached hydrogens (tertiary/aromatic N) is 1. The van der Waals surface area contributed by atoms with Crippen molar-refractivity contribution in [1.82, 2.24) is 4.90 Å². The average molecular weight is 293 g/mol. The molecule has 21 heavy (non-hydrogen) atoms. The fourth-order valence-corrected chi connectivity index (χ4v) is 2.41. The SMILES string of the molecule is O=C(COCc1ccccc1)N1CCC(OCCO)CC1. The first kappa shape index (κ1) is 15.9. The Bertz CT molecular complexity index is 416. The molecule has 0 bridgehead atoms. The number of amides is 1. The standard InChI is InChI=1S/C16H23NO4/c18-10-11-21-15-6-8-17(9-7-15)16(19)13-20-12-14-4-2-1-3-5-14/h1-5,15,18H,6-13H2. The Morgan fingerprint density at radius 3 is 2.62 bits per heavy atom. The molecule has 116 valence electrons. The molecule has 0 aliphatic carbocycles. The van der Waals surface area contributed by atoms with Crippen molar-refractivity contribution in [2.75, 3.05) is 32.9 Å². The summed E-state index contributed by atoms with van der Waals surface area (Å²) >= 11 is 0. The van der Waals surface area contributed by atoms with Crippen LogP contribution in [-0.4, -0.2) is 54.9 Å². The molecule has 1 saturated heterocycles. The zero-order valence-electron chi connectivity index (χ0n) is 12.2. The summed E-state index contributed by atoms with van der Waals surface area (Å²) in [6.45, 7) is 2.40. The van der Waals surface area contributed by atoms with Gasteiger partial charge in [-0.25, -0.2) is 0 Å². The predicted octanol–water partition coefficient (Wildman–Crippen LogP) is 1.20. The number of ether oxygens (including phenoxy) is 2. The number of aliphatic hydroxyl groups excluding tert-OH is 1. The molecule has 0 spiro atoms. The second kappa shape index (κ2) is 8.77. The smallest absolute Gasteiger partial charge is 0.248 e. The van der Waals surface area contributed by atoms with E-state index in [9.17, 15) is 4.79 Å². The lowest BCUT2D eigenvalue weighted by atomic mass is 10.1. The molecule has 0 atom stereocenters. The van der Waals surface area contributed by atoms with Crippen LogP contribution >= 0.6 is 0 Å². The predicted molar refractivity (Wildman–Crippen MR) is 78.7 cm³/mol. The van der Waals surface area contributed by atoms with E-state index in [0.29, 0.717) is 26.3 Å². The molecule has 1 heterocycles. The number of rotatable bonds is 7. The maximum absolute atomic E-state index is 12.0. The highest BCUT2D eigenvalue weighted by molar-refractivity contribution is 5.77. The van der Waals surface area contributed by atoms with Crippen molar-refractivity contribution in [1.29, 1.82) is 0 Å². The van der Waals surface area contributed by atoms with Gasteiger partial charge in [-0.3, -0.25) is 4.79 Å². The van der Waals surface area contributed by atoms with Crippen LogP contribution in [0.4, 0.5) is 0 Å². The molecule has 1 aromatic rings. The van der Waals surface area contributed by atoms with Gasteiger partial charge in [0.2, 0.25) is 5.91 Å². The van der Waals surface area contributed by atoms with Crippen molar-refractivity contribution < 1.29 is 19.4 Å². The first-order valence-corrected chi connectivity index (χ1v) is 7.41. The maximum atomic E-state index is 12.0. The lowest BCUT2D eigenvalue weighted by Gasteiger charge is -2.31. The third-order valence-electron chi connectivity index (χ3n) is 3.58. The van der Waals surface area contributed by atoms with E-state index in [2.05, 4.69) is 0 Å². The number of hydrogen-bond acceptors (Lipinski definition) is 4. The van der Waals surface area contributed by atoms with E-state index in [1.807, 2.05) is 35.2 Å². The zero-order valence-corrected chi connectivity index (χ0v) is 12.2. The number of likely N-dealkylation sites (tertiary alicyclic amines) is 1. The molecule has 5 nitrogen and oxygen atoms in total. The van der Waals surface area contributed by atoms with Crippen LogP contribution < -0.4 is 0 Å². The summed E-state index contributed by atoms with van der Waals surface area (Å²) < 4.78 is 11.0. The first-order valence-electron chi connectivity index (χ1n) is 7.41. The van der Waals surface area contributed by atoms with Gasteiger partial charge in [0.1, 0.15) is 6.61 Å². The van der Waals surface area contributed by atoms with Gasteiger partial charge in [-0.05, 0) is 18.4 Å². The number of piperidine rings is 1. The minimum absolute atomic E-state index is 0.0338. The summed E-state index contributed by atoms with van der Waals surface area (Å²) in [7, 11) is 0. The molecule has 1 amide bonds. The minimum atomic E-state index is 0.0338. The Hall–Kier alpha value is -1.43. The quantitative estimate of drug-likeness (QED) is 0.821. The highest BCUT2D eigenvalue weighted by atomic mass is 16.5. The molecule has 1 N–H and O–H groups in total. The lowest BCUT2D eigenvalue weighted by molar-refractivity contribution is -0.139. The van der Waals surface area contributed by atoms with E-state index >= 15 is 0 Å². The van der Waals surface area contributed by atoms with Gasteiger partial charge in [-0.1, -0.05) is 30.3 Å². The highest BCUT2D eigenvalue weighted by Crippen LogP contribution is 2.14. The van der Waals surface area contributed by atoms with Gasteiger partial charge in [0.25, 0.3) is 0 Å². The van der Waals surface area contributed by atoms with Gasteiger partial charge < -0.3 is 19.5 Å². The molecule has 1 aliphatic heterocycles. The molecular formula is C16H23NO4. The Morgan fingerprint density at radius 1 is 1.24 bits per heavy atom. The summed E-state index contributed by atoms with van der Waals surface area (Å²) in [6.07, 6.45) is 1.81. The van der Waals surface area contributed by atoms with E-state index in [-0.39, 0.29) is 25.2 Å². The summed E-state index contributed by atoms with van der Waals surface area (Å²) in [5.74, 6) is 0.0338. The van der Waals surface area contributed by atoms with Gasteiger partial charge in [0, 0.05) is 13.1 Å². The highest BCUT2D eigenvalue weighted by Gasteiger charge is 2.22. The van der Waals surface area contributed by atoms with Crippen LogP contribution in [0.2, 0.25) is 0 Å². The van der Waals surface area contributed by atoms with Crippen LogP contribution in [0, 0.1) is 0 Å². The van der Waals surface area contributed by atoms with E-state index in [4.69, 9.17) is 14.6 Å². The largest absolute Gasteiger partial charge is 0.394 e. The second-order valence-electron chi connectivity index (χ2n) is 5.15. The Kier molecular flexibility index (Phi) is 6.66. The Morgan fingerprint density at radius 2 is 1.95 bits per heavy atom. The van der Waals surface area contributed by atoms with Crippen molar-refractivity contribution in [3.8, 4) is 0 Å². The van der Waals surface area contributed by atoms with Crippen molar-refractivity contribution in [2.45, 2.75) is 25.6 Å². The van der Waals surface area contributed by atoms with Crippen molar-refractivity contribution in [2.24, 2.45) is 0 Å². The van der Waals surface area contributed by atoms with Crippen LogP contribution in [0.3, 0.4) is 0 Å². The first-order chi connectivity index (χ1) is 10.3. The zero-order chi connectivity index (χ0) is 14.9.